The second-order valence-corrected chi connectivity index (χ2v) is 7.40. The van der Waals surface area contributed by atoms with Gasteiger partial charge < -0.3 is 9.80 Å². The highest BCUT2D eigenvalue weighted by Gasteiger charge is 2.43. The van der Waals surface area contributed by atoms with E-state index in [1.807, 2.05) is 0 Å². The molecule has 0 amide bonds. The number of para-hydroxylation sites is 1. The molecule has 26 heavy (non-hydrogen) atoms. The van der Waals surface area contributed by atoms with Crippen LogP contribution in [-0.2, 0) is 5.41 Å². The number of anilines is 2. The minimum Gasteiger partial charge on any atom is -0.373 e. The van der Waals surface area contributed by atoms with Gasteiger partial charge in [0.25, 0.3) is 5.56 Å². The van der Waals surface area contributed by atoms with Crippen molar-refractivity contribution in [2.45, 2.75) is 18.3 Å². The Bertz CT molecular complexity index is 1040. The largest absolute Gasteiger partial charge is 0.373 e. The molecule has 0 saturated carbocycles. The molecule has 2 aromatic heterocycles. The molecule has 6 nitrogen and oxygen atoms in total. The molecule has 1 fully saturated rings. The number of rotatable bonds is 1. The first kappa shape index (κ1) is 15.4. The summed E-state index contributed by atoms with van der Waals surface area (Å²) in [5.41, 5.74) is 3.41. The predicted molar refractivity (Wildman–Crippen MR) is 103 cm³/mol. The molecular formula is C20H21N5O. The van der Waals surface area contributed by atoms with E-state index in [1.165, 1.54) is 11.3 Å². The van der Waals surface area contributed by atoms with Crippen molar-refractivity contribution in [3.05, 3.63) is 58.5 Å². The smallest absolute Gasteiger partial charge is 0.261 e. The van der Waals surface area contributed by atoms with Crippen LogP contribution in [0.15, 0.2) is 47.4 Å². The Morgan fingerprint density at radius 2 is 1.92 bits per heavy atom. The second-order valence-electron chi connectivity index (χ2n) is 7.40. The fraction of sp³-hybridized carbons (Fsp3) is 0.350. The van der Waals surface area contributed by atoms with E-state index in [0.717, 1.165) is 32.5 Å². The van der Waals surface area contributed by atoms with Crippen molar-refractivity contribution in [1.29, 1.82) is 0 Å². The van der Waals surface area contributed by atoms with Crippen LogP contribution in [0.5, 0.6) is 0 Å². The van der Waals surface area contributed by atoms with Gasteiger partial charge in [-0.1, -0.05) is 18.2 Å². The second kappa shape index (κ2) is 5.56. The van der Waals surface area contributed by atoms with Gasteiger partial charge in [0.05, 0.1) is 5.39 Å². The molecule has 1 spiro atoms. The summed E-state index contributed by atoms with van der Waals surface area (Å²) in [5.74, 6) is 0.635. The number of hydrogen-bond donors (Lipinski definition) is 1. The zero-order valence-electron chi connectivity index (χ0n) is 14.8. The topological polar surface area (TPSA) is 65.1 Å². The third kappa shape index (κ3) is 2.21. The predicted octanol–water partition coefficient (Wildman–Crippen LogP) is 2.31. The first-order valence-corrected chi connectivity index (χ1v) is 9.07. The lowest BCUT2D eigenvalue weighted by atomic mass is 9.74. The number of aromatic amines is 1. The van der Waals surface area contributed by atoms with Crippen molar-refractivity contribution in [3.63, 3.8) is 0 Å². The van der Waals surface area contributed by atoms with Crippen LogP contribution < -0.4 is 15.4 Å². The standard InChI is InChI=1S/C20H21N5O/c1-24-13-20(15-6-2-3-7-16(15)24)8-11-25(12-9-20)19-22-17-14(18(26)23-19)5-4-10-21-17/h2-7,10H,8-9,11-13H2,1H3,(H,21,22,23,26). The highest BCUT2D eigenvalue weighted by Crippen LogP contribution is 2.46. The van der Waals surface area contributed by atoms with Crippen molar-refractivity contribution in [2.24, 2.45) is 0 Å². The molecule has 0 aliphatic carbocycles. The number of hydrogen-bond acceptors (Lipinski definition) is 5. The molecule has 2 aliphatic heterocycles. The van der Waals surface area contributed by atoms with Crippen LogP contribution >= 0.6 is 0 Å². The molecule has 0 bridgehead atoms. The highest BCUT2D eigenvalue weighted by atomic mass is 16.1. The summed E-state index contributed by atoms with van der Waals surface area (Å²) in [4.78, 5) is 28.6. The average molecular weight is 347 g/mol. The molecule has 4 heterocycles. The number of nitrogens with one attached hydrogen (secondary N) is 1. The summed E-state index contributed by atoms with van der Waals surface area (Å²) >= 11 is 0. The molecular weight excluding hydrogens is 326 g/mol. The zero-order chi connectivity index (χ0) is 17.7. The van der Waals surface area contributed by atoms with Gasteiger partial charge in [-0.15, -0.1) is 0 Å². The molecule has 0 atom stereocenters. The Morgan fingerprint density at radius 3 is 2.77 bits per heavy atom. The molecule has 3 aromatic rings. The molecule has 0 radical (unpaired) electrons. The Hall–Kier alpha value is -2.89. The monoisotopic (exact) mass is 347 g/mol. The van der Waals surface area contributed by atoms with Gasteiger partial charge in [0.1, 0.15) is 0 Å². The van der Waals surface area contributed by atoms with Crippen LogP contribution in [0.1, 0.15) is 18.4 Å². The minimum atomic E-state index is -0.121. The normalized spacial score (nSPS) is 18.5. The molecule has 1 saturated heterocycles. The van der Waals surface area contributed by atoms with E-state index in [2.05, 4.69) is 56.1 Å². The Morgan fingerprint density at radius 1 is 1.12 bits per heavy atom. The maximum atomic E-state index is 12.3. The lowest BCUT2D eigenvalue weighted by molar-refractivity contribution is 0.351. The highest BCUT2D eigenvalue weighted by molar-refractivity contribution is 5.74. The molecule has 1 aromatic carbocycles. The summed E-state index contributed by atoms with van der Waals surface area (Å²) in [5, 5.41) is 0.538. The van der Waals surface area contributed by atoms with E-state index in [-0.39, 0.29) is 11.0 Å². The fourth-order valence-electron chi connectivity index (χ4n) is 4.56. The van der Waals surface area contributed by atoms with Crippen molar-refractivity contribution < 1.29 is 0 Å². The van der Waals surface area contributed by atoms with Crippen LogP contribution in [0.4, 0.5) is 11.6 Å². The van der Waals surface area contributed by atoms with Gasteiger partial charge in [0.2, 0.25) is 5.95 Å². The summed E-state index contributed by atoms with van der Waals surface area (Å²) in [7, 11) is 2.17. The first-order valence-electron chi connectivity index (χ1n) is 9.07. The molecule has 6 heteroatoms. The number of pyridine rings is 1. The number of piperidine rings is 1. The number of fused-ring (bicyclic) bond motifs is 3. The van der Waals surface area contributed by atoms with Crippen molar-refractivity contribution in [2.75, 3.05) is 36.5 Å². The number of likely N-dealkylation sites (N-methyl/N-ethyl adjacent to an activating group) is 1. The van der Waals surface area contributed by atoms with E-state index in [1.54, 1.807) is 18.3 Å². The van der Waals surface area contributed by atoms with Gasteiger partial charge in [0, 0.05) is 44.0 Å². The van der Waals surface area contributed by atoms with Gasteiger partial charge in [-0.2, -0.15) is 4.98 Å². The summed E-state index contributed by atoms with van der Waals surface area (Å²) in [6.45, 7) is 2.82. The van der Waals surface area contributed by atoms with Crippen LogP contribution in [0.25, 0.3) is 11.0 Å². The Kier molecular flexibility index (Phi) is 3.29. The van der Waals surface area contributed by atoms with E-state index in [4.69, 9.17) is 0 Å². The van der Waals surface area contributed by atoms with Gasteiger partial charge in [-0.05, 0) is 36.6 Å². The zero-order valence-corrected chi connectivity index (χ0v) is 14.8. The number of nitrogens with zero attached hydrogens (tertiary/aromatic N) is 4. The minimum absolute atomic E-state index is 0.121. The van der Waals surface area contributed by atoms with Crippen molar-refractivity contribution in [1.82, 2.24) is 15.0 Å². The van der Waals surface area contributed by atoms with Gasteiger partial charge in [0.15, 0.2) is 5.65 Å². The van der Waals surface area contributed by atoms with E-state index >= 15 is 0 Å². The van der Waals surface area contributed by atoms with Crippen LogP contribution in [0.3, 0.4) is 0 Å². The average Bonchev–Trinajstić information content (AvgIpc) is 2.94. The molecule has 5 rings (SSSR count). The van der Waals surface area contributed by atoms with Crippen LogP contribution in [0, 0.1) is 0 Å². The summed E-state index contributed by atoms with van der Waals surface area (Å²) in [6.07, 6.45) is 3.78. The number of benzene rings is 1. The number of aromatic nitrogens is 3. The van der Waals surface area contributed by atoms with Crippen molar-refractivity contribution >= 4 is 22.7 Å². The maximum absolute atomic E-state index is 12.3. The number of H-pyrrole nitrogens is 1. The molecule has 2 aliphatic rings. The van der Waals surface area contributed by atoms with Crippen LogP contribution in [0.2, 0.25) is 0 Å². The third-order valence-electron chi connectivity index (χ3n) is 5.92. The quantitative estimate of drug-likeness (QED) is 0.732. The lowest BCUT2D eigenvalue weighted by Gasteiger charge is -2.40. The lowest BCUT2D eigenvalue weighted by Crippen LogP contribution is -2.45. The molecule has 1 N–H and O–H groups in total. The first-order chi connectivity index (χ1) is 12.7. The summed E-state index contributed by atoms with van der Waals surface area (Å²) in [6, 6.07) is 12.3. The van der Waals surface area contributed by atoms with E-state index in [0.29, 0.717) is 17.0 Å². The van der Waals surface area contributed by atoms with Gasteiger partial charge in [-0.25, -0.2) is 4.98 Å². The SMILES string of the molecule is CN1CC2(CCN(c3nc4ncccc4c(=O)[nH]3)CC2)c2ccccc21. The Balaban J connectivity index is 1.44. The van der Waals surface area contributed by atoms with Gasteiger partial charge >= 0.3 is 0 Å². The van der Waals surface area contributed by atoms with E-state index < -0.39 is 0 Å². The van der Waals surface area contributed by atoms with E-state index in [9.17, 15) is 4.79 Å². The van der Waals surface area contributed by atoms with Crippen molar-refractivity contribution in [3.8, 4) is 0 Å². The molecule has 0 unspecified atom stereocenters. The third-order valence-corrected chi connectivity index (χ3v) is 5.92. The fourth-order valence-corrected chi connectivity index (χ4v) is 4.56. The molecule has 132 valence electrons. The summed E-state index contributed by atoms with van der Waals surface area (Å²) < 4.78 is 0. The Labute approximate surface area is 151 Å². The maximum Gasteiger partial charge on any atom is 0.261 e. The van der Waals surface area contributed by atoms with Gasteiger partial charge in [-0.3, -0.25) is 9.78 Å². The van der Waals surface area contributed by atoms with Crippen LogP contribution in [-0.4, -0.2) is 41.6 Å².